The molecule has 408 valence electrons. The predicted octanol–water partition coefficient (Wildman–Crippen LogP) is 18.7. The lowest BCUT2D eigenvalue weighted by molar-refractivity contribution is 0.122. The predicted molar refractivity (Wildman–Crippen MR) is 306 cm³/mol. The van der Waals surface area contributed by atoms with Gasteiger partial charge in [0.1, 0.15) is 0 Å². The van der Waals surface area contributed by atoms with Crippen molar-refractivity contribution >= 4 is 41.1 Å². The molecule has 0 heterocycles. The molecule has 0 saturated heterocycles. The van der Waals surface area contributed by atoms with E-state index in [1.807, 2.05) is 0 Å². The minimum absolute atomic E-state index is 0.643. The molecule has 10 heteroatoms. The maximum absolute atomic E-state index is 6.80. The SMILES string of the molecule is CCCCCCOc1cc2c3cc(OCCCCCC)c(OCCCCCC)cc3c3cc(OCCCCCCCCCCC[Si](OC)(OC)OC)c(OCCCCCC)cc3c2cc1OCCCCCC. The standard InChI is InChI=1S/C62H102O9Si/c1-9-14-19-31-38-66-57-45-51-52-46-58(67-39-32-20-15-10-2)60(69-41-34-22-17-12-4)48-54(52)56-50-62(71-43-36-29-27-25-24-26-28-30-37-44-72(63-6,64-7)65-8)61(70-42-35-23-18-13-5)49-55(56)53(51)47-59(57)68-40-33-21-16-11-3/h45-50H,9-44H2,1-8H3. The van der Waals surface area contributed by atoms with Crippen LogP contribution in [0.2, 0.25) is 6.04 Å². The summed E-state index contributed by atoms with van der Waals surface area (Å²) in [6.45, 7) is 15.2. The summed E-state index contributed by atoms with van der Waals surface area (Å²) in [5.74, 6) is 4.83. The summed E-state index contributed by atoms with van der Waals surface area (Å²) >= 11 is 0. The molecule has 0 spiro atoms. The van der Waals surface area contributed by atoms with Crippen molar-refractivity contribution < 1.29 is 41.7 Å². The zero-order valence-electron chi connectivity index (χ0n) is 47.1. The van der Waals surface area contributed by atoms with E-state index in [0.717, 1.165) is 156 Å². The second-order valence-electron chi connectivity index (χ2n) is 20.2. The molecule has 4 rings (SSSR count). The molecule has 0 atom stereocenters. The molecule has 0 aromatic heterocycles. The average Bonchev–Trinajstić information content (AvgIpc) is 3.40. The Morgan fingerprint density at radius 2 is 0.431 bits per heavy atom. The van der Waals surface area contributed by atoms with Crippen LogP contribution in [0.25, 0.3) is 32.3 Å². The van der Waals surface area contributed by atoms with Gasteiger partial charge in [-0.25, -0.2) is 0 Å². The maximum atomic E-state index is 6.80. The highest BCUT2D eigenvalue weighted by molar-refractivity contribution is 6.60. The van der Waals surface area contributed by atoms with Crippen LogP contribution < -0.4 is 28.4 Å². The van der Waals surface area contributed by atoms with Gasteiger partial charge in [-0.05, 0) is 114 Å². The molecule has 72 heavy (non-hydrogen) atoms. The van der Waals surface area contributed by atoms with Crippen molar-refractivity contribution in [3.05, 3.63) is 36.4 Å². The van der Waals surface area contributed by atoms with Gasteiger partial charge in [0.05, 0.1) is 39.6 Å². The molecule has 4 aromatic carbocycles. The van der Waals surface area contributed by atoms with Crippen LogP contribution in [0.5, 0.6) is 34.5 Å². The van der Waals surface area contributed by atoms with Gasteiger partial charge in [0.25, 0.3) is 0 Å². The third-order valence-electron chi connectivity index (χ3n) is 14.2. The van der Waals surface area contributed by atoms with Crippen LogP contribution in [0.1, 0.15) is 221 Å². The van der Waals surface area contributed by atoms with E-state index >= 15 is 0 Å². The highest BCUT2D eigenvalue weighted by atomic mass is 28.4. The summed E-state index contributed by atoms with van der Waals surface area (Å²) in [4.78, 5) is 0. The molecule has 0 amide bonds. The number of unbranched alkanes of at least 4 members (excludes halogenated alkanes) is 23. The summed E-state index contributed by atoms with van der Waals surface area (Å²) in [6, 6.07) is 14.3. The largest absolute Gasteiger partial charge is 0.500 e. The van der Waals surface area contributed by atoms with Crippen molar-refractivity contribution in [2.75, 3.05) is 61.0 Å². The van der Waals surface area contributed by atoms with Crippen LogP contribution >= 0.6 is 0 Å². The number of benzene rings is 4. The summed E-state index contributed by atoms with van der Waals surface area (Å²) in [5, 5.41) is 6.66. The summed E-state index contributed by atoms with van der Waals surface area (Å²) in [7, 11) is 2.63. The van der Waals surface area contributed by atoms with Gasteiger partial charge >= 0.3 is 8.80 Å². The first-order valence-electron chi connectivity index (χ1n) is 29.4. The minimum Gasteiger partial charge on any atom is -0.490 e. The van der Waals surface area contributed by atoms with Gasteiger partial charge in [0, 0.05) is 27.4 Å². The van der Waals surface area contributed by atoms with Crippen molar-refractivity contribution in [3.63, 3.8) is 0 Å². The van der Waals surface area contributed by atoms with Gasteiger partial charge in [-0.15, -0.1) is 0 Å². The van der Waals surface area contributed by atoms with Gasteiger partial charge in [0.15, 0.2) is 34.5 Å². The Balaban J connectivity index is 1.73. The Kier molecular flexibility index (Phi) is 31.7. The Morgan fingerprint density at radius 1 is 0.250 bits per heavy atom. The van der Waals surface area contributed by atoms with E-state index < -0.39 is 8.80 Å². The maximum Gasteiger partial charge on any atom is 0.500 e. The molecular weight excluding hydrogens is 917 g/mol. The Hall–Kier alpha value is -3.44. The van der Waals surface area contributed by atoms with Crippen LogP contribution in [0, 0.1) is 0 Å². The monoisotopic (exact) mass is 1020 g/mol. The highest BCUT2D eigenvalue weighted by Crippen LogP contribution is 2.47. The molecule has 0 bridgehead atoms. The van der Waals surface area contributed by atoms with Crippen molar-refractivity contribution in [2.24, 2.45) is 0 Å². The first kappa shape index (κ1) is 61.1. The van der Waals surface area contributed by atoms with Crippen molar-refractivity contribution in [1.82, 2.24) is 0 Å². The number of fused-ring (bicyclic) bond motifs is 6. The molecule has 0 saturated carbocycles. The molecule has 0 radical (unpaired) electrons. The second kappa shape index (κ2) is 37.3. The van der Waals surface area contributed by atoms with E-state index in [1.165, 1.54) is 103 Å². The van der Waals surface area contributed by atoms with Gasteiger partial charge in [-0.2, -0.15) is 0 Å². The van der Waals surface area contributed by atoms with Crippen LogP contribution in [0.3, 0.4) is 0 Å². The number of rotatable bonds is 46. The Bertz CT molecular complexity index is 1980. The number of hydrogen-bond donors (Lipinski definition) is 0. The first-order valence-corrected chi connectivity index (χ1v) is 31.3. The van der Waals surface area contributed by atoms with E-state index in [4.69, 9.17) is 41.7 Å². The number of ether oxygens (including phenoxy) is 6. The summed E-state index contributed by atoms with van der Waals surface area (Å²) in [5.41, 5.74) is 0. The lowest BCUT2D eigenvalue weighted by Crippen LogP contribution is -2.42. The zero-order valence-corrected chi connectivity index (χ0v) is 48.1. The zero-order chi connectivity index (χ0) is 51.5. The molecule has 0 aliphatic carbocycles. The molecule has 0 aliphatic heterocycles. The molecule has 0 fully saturated rings. The topological polar surface area (TPSA) is 83.1 Å². The third kappa shape index (κ3) is 21.1. The van der Waals surface area contributed by atoms with E-state index in [0.29, 0.717) is 39.6 Å². The summed E-state index contributed by atoms with van der Waals surface area (Å²) in [6.07, 6.45) is 33.4. The molecule has 0 aliphatic rings. The minimum atomic E-state index is -2.47. The molecule has 4 aromatic rings. The van der Waals surface area contributed by atoms with Crippen LogP contribution in [-0.4, -0.2) is 69.8 Å². The average molecular weight is 1020 g/mol. The highest BCUT2D eigenvalue weighted by Gasteiger charge is 2.36. The molecular formula is C62H102O9Si. The van der Waals surface area contributed by atoms with E-state index in [9.17, 15) is 0 Å². The van der Waals surface area contributed by atoms with Gasteiger partial charge < -0.3 is 41.7 Å². The Morgan fingerprint density at radius 3 is 0.625 bits per heavy atom. The smallest absolute Gasteiger partial charge is 0.490 e. The second-order valence-corrected chi connectivity index (χ2v) is 23.2. The van der Waals surface area contributed by atoms with E-state index in [1.54, 1.807) is 21.3 Å². The summed E-state index contributed by atoms with van der Waals surface area (Å²) < 4.78 is 57.1. The van der Waals surface area contributed by atoms with Gasteiger partial charge in [-0.1, -0.05) is 176 Å². The molecule has 9 nitrogen and oxygen atoms in total. The third-order valence-corrected chi connectivity index (χ3v) is 17.0. The molecule has 0 unspecified atom stereocenters. The fourth-order valence-corrected chi connectivity index (χ4v) is 11.5. The van der Waals surface area contributed by atoms with Gasteiger partial charge in [0.2, 0.25) is 0 Å². The lowest BCUT2D eigenvalue weighted by Gasteiger charge is -2.24. The normalized spacial score (nSPS) is 11.8. The first-order chi connectivity index (χ1) is 35.4. The van der Waals surface area contributed by atoms with Crippen molar-refractivity contribution in [1.29, 1.82) is 0 Å². The quantitative estimate of drug-likeness (QED) is 0.0244. The van der Waals surface area contributed by atoms with Gasteiger partial charge in [-0.3, -0.25) is 0 Å². The van der Waals surface area contributed by atoms with Crippen molar-refractivity contribution in [2.45, 2.75) is 227 Å². The van der Waals surface area contributed by atoms with Crippen molar-refractivity contribution in [3.8, 4) is 34.5 Å². The fourth-order valence-electron chi connectivity index (χ4n) is 9.67. The lowest BCUT2D eigenvalue weighted by atomic mass is 9.93. The van der Waals surface area contributed by atoms with Crippen LogP contribution in [0.4, 0.5) is 0 Å². The van der Waals surface area contributed by atoms with Crippen LogP contribution in [-0.2, 0) is 13.3 Å². The van der Waals surface area contributed by atoms with Crippen LogP contribution in [0.15, 0.2) is 36.4 Å². The van der Waals surface area contributed by atoms with E-state index in [2.05, 4.69) is 71.0 Å². The Labute approximate surface area is 439 Å². The van der Waals surface area contributed by atoms with E-state index in [-0.39, 0.29) is 0 Å². The fraction of sp³-hybridized carbons (Fsp3) is 0.710. The number of hydrogen-bond acceptors (Lipinski definition) is 9. The molecule has 0 N–H and O–H groups in total.